The van der Waals surface area contributed by atoms with Crippen LogP contribution < -0.4 is 11.5 Å². The highest BCUT2D eigenvalue weighted by Crippen LogP contribution is 2.19. The molecule has 0 aliphatic carbocycles. The van der Waals surface area contributed by atoms with E-state index in [0.29, 0.717) is 13.0 Å². The zero-order valence-electron chi connectivity index (χ0n) is 7.72. The fourth-order valence-electron chi connectivity index (χ4n) is 1.22. The zero-order valence-corrected chi connectivity index (χ0v) is 7.72. The molecule has 0 aromatic heterocycles. The van der Waals surface area contributed by atoms with Crippen LogP contribution in [0.4, 0.5) is 5.69 Å². The SMILES string of the molecule is NCC[C@H](N)c1cccc([N+](=O)[O-])c1. The largest absolute Gasteiger partial charge is 0.330 e. The monoisotopic (exact) mass is 195 g/mol. The van der Waals surface area contributed by atoms with Gasteiger partial charge in [0.05, 0.1) is 4.92 Å². The number of non-ortho nitro benzene ring substituents is 1. The molecule has 14 heavy (non-hydrogen) atoms. The third-order valence-electron chi connectivity index (χ3n) is 1.99. The van der Waals surface area contributed by atoms with Gasteiger partial charge in [-0.15, -0.1) is 0 Å². The van der Waals surface area contributed by atoms with E-state index in [-0.39, 0.29) is 11.7 Å². The molecule has 0 amide bonds. The van der Waals surface area contributed by atoms with Crippen molar-refractivity contribution in [3.63, 3.8) is 0 Å². The molecule has 0 radical (unpaired) electrons. The van der Waals surface area contributed by atoms with Crippen molar-refractivity contribution in [3.8, 4) is 0 Å². The van der Waals surface area contributed by atoms with E-state index in [4.69, 9.17) is 11.5 Å². The van der Waals surface area contributed by atoms with E-state index >= 15 is 0 Å². The van der Waals surface area contributed by atoms with Crippen LogP contribution in [0.5, 0.6) is 0 Å². The Balaban J connectivity index is 2.87. The summed E-state index contributed by atoms with van der Waals surface area (Å²) < 4.78 is 0. The van der Waals surface area contributed by atoms with Crippen LogP contribution >= 0.6 is 0 Å². The minimum absolute atomic E-state index is 0.0648. The summed E-state index contributed by atoms with van der Waals surface area (Å²) in [4.78, 5) is 10.0. The first-order valence-corrected chi connectivity index (χ1v) is 4.35. The average molecular weight is 195 g/mol. The van der Waals surface area contributed by atoms with Gasteiger partial charge in [-0.3, -0.25) is 10.1 Å². The number of nitrogens with zero attached hydrogens (tertiary/aromatic N) is 1. The van der Waals surface area contributed by atoms with E-state index in [1.165, 1.54) is 12.1 Å². The molecule has 0 aliphatic heterocycles. The molecular formula is C9H13N3O2. The molecule has 0 aliphatic rings. The van der Waals surface area contributed by atoms with Crippen LogP contribution in [0.3, 0.4) is 0 Å². The second-order valence-corrected chi connectivity index (χ2v) is 3.04. The molecule has 0 unspecified atom stereocenters. The molecular weight excluding hydrogens is 182 g/mol. The maximum atomic E-state index is 10.5. The van der Waals surface area contributed by atoms with Crippen LogP contribution in [0.15, 0.2) is 24.3 Å². The standard InChI is InChI=1S/C9H13N3O2/c10-5-4-9(11)7-2-1-3-8(6-7)12(13)14/h1-3,6,9H,4-5,10-11H2/t9-/m0/s1. The van der Waals surface area contributed by atoms with Gasteiger partial charge >= 0.3 is 0 Å². The van der Waals surface area contributed by atoms with E-state index in [1.54, 1.807) is 12.1 Å². The Hall–Kier alpha value is -1.46. The maximum absolute atomic E-state index is 10.5. The minimum atomic E-state index is -0.432. The lowest BCUT2D eigenvalue weighted by molar-refractivity contribution is -0.384. The third-order valence-corrected chi connectivity index (χ3v) is 1.99. The summed E-state index contributed by atoms with van der Waals surface area (Å²) in [6.45, 7) is 0.476. The van der Waals surface area contributed by atoms with Crippen molar-refractivity contribution in [2.24, 2.45) is 11.5 Å². The number of benzene rings is 1. The normalized spacial score (nSPS) is 12.4. The van der Waals surface area contributed by atoms with Crippen LogP contribution in [-0.2, 0) is 0 Å². The van der Waals surface area contributed by atoms with Gasteiger partial charge in [0.25, 0.3) is 5.69 Å². The highest BCUT2D eigenvalue weighted by atomic mass is 16.6. The van der Waals surface area contributed by atoms with Crippen molar-refractivity contribution in [2.75, 3.05) is 6.54 Å². The predicted octanol–water partition coefficient (Wildman–Crippen LogP) is 0.943. The molecule has 0 spiro atoms. The molecule has 76 valence electrons. The molecule has 0 bridgehead atoms. The van der Waals surface area contributed by atoms with Crippen LogP contribution in [0.25, 0.3) is 0 Å². The number of nitro benzene ring substituents is 1. The molecule has 1 aromatic carbocycles. The molecule has 1 atom stereocenters. The first-order valence-electron chi connectivity index (χ1n) is 4.35. The van der Waals surface area contributed by atoms with Gasteiger partial charge < -0.3 is 11.5 Å². The molecule has 0 fully saturated rings. The number of hydrogen-bond acceptors (Lipinski definition) is 4. The molecule has 0 saturated carbocycles. The topological polar surface area (TPSA) is 95.2 Å². The summed E-state index contributed by atoms with van der Waals surface area (Å²) in [6, 6.07) is 6.11. The lowest BCUT2D eigenvalue weighted by atomic mass is 10.0. The quantitative estimate of drug-likeness (QED) is 0.552. The Bertz CT molecular complexity index is 328. The third kappa shape index (κ3) is 2.51. The summed E-state index contributed by atoms with van der Waals surface area (Å²) in [5, 5.41) is 10.5. The highest BCUT2D eigenvalue weighted by Gasteiger charge is 2.10. The molecule has 0 heterocycles. The summed E-state index contributed by atoms with van der Waals surface area (Å²) in [7, 11) is 0. The second-order valence-electron chi connectivity index (χ2n) is 3.04. The van der Waals surface area contributed by atoms with Crippen molar-refractivity contribution in [2.45, 2.75) is 12.5 Å². The number of rotatable bonds is 4. The van der Waals surface area contributed by atoms with Gasteiger partial charge in [0.15, 0.2) is 0 Å². The Morgan fingerprint density at radius 2 is 2.21 bits per heavy atom. The van der Waals surface area contributed by atoms with Crippen LogP contribution in [0.2, 0.25) is 0 Å². The van der Waals surface area contributed by atoms with Crippen molar-refractivity contribution in [1.82, 2.24) is 0 Å². The van der Waals surface area contributed by atoms with Crippen LogP contribution in [0, 0.1) is 10.1 Å². The van der Waals surface area contributed by atoms with Gasteiger partial charge in [-0.25, -0.2) is 0 Å². The Morgan fingerprint density at radius 1 is 1.50 bits per heavy atom. The molecule has 1 aromatic rings. The van der Waals surface area contributed by atoms with Gasteiger partial charge in [0.2, 0.25) is 0 Å². The van der Waals surface area contributed by atoms with E-state index in [9.17, 15) is 10.1 Å². The first-order chi connectivity index (χ1) is 6.65. The van der Waals surface area contributed by atoms with E-state index in [0.717, 1.165) is 5.56 Å². The van der Waals surface area contributed by atoms with Crippen molar-refractivity contribution < 1.29 is 4.92 Å². The van der Waals surface area contributed by atoms with Crippen molar-refractivity contribution in [3.05, 3.63) is 39.9 Å². The molecule has 4 N–H and O–H groups in total. The molecule has 0 saturated heterocycles. The summed E-state index contributed by atoms with van der Waals surface area (Å²) in [6.07, 6.45) is 0.626. The molecule has 5 heteroatoms. The number of hydrogen-bond donors (Lipinski definition) is 2. The van der Waals surface area contributed by atoms with Crippen LogP contribution in [0.1, 0.15) is 18.0 Å². The highest BCUT2D eigenvalue weighted by molar-refractivity contribution is 5.35. The Kier molecular flexibility index (Phi) is 3.55. The van der Waals surface area contributed by atoms with E-state index < -0.39 is 4.92 Å². The van der Waals surface area contributed by atoms with Crippen molar-refractivity contribution in [1.29, 1.82) is 0 Å². The van der Waals surface area contributed by atoms with Gasteiger partial charge in [0.1, 0.15) is 0 Å². The zero-order chi connectivity index (χ0) is 10.6. The minimum Gasteiger partial charge on any atom is -0.330 e. The average Bonchev–Trinajstić information content (AvgIpc) is 2.18. The molecule has 5 nitrogen and oxygen atoms in total. The Labute approximate surface area is 81.9 Å². The Morgan fingerprint density at radius 3 is 2.79 bits per heavy atom. The number of nitrogens with two attached hydrogens (primary N) is 2. The van der Waals surface area contributed by atoms with Gasteiger partial charge in [0, 0.05) is 18.2 Å². The summed E-state index contributed by atoms with van der Waals surface area (Å²) in [5.74, 6) is 0. The summed E-state index contributed by atoms with van der Waals surface area (Å²) >= 11 is 0. The maximum Gasteiger partial charge on any atom is 0.269 e. The predicted molar refractivity (Wildman–Crippen MR) is 53.7 cm³/mol. The number of nitro groups is 1. The first kappa shape index (κ1) is 10.6. The fourth-order valence-corrected chi connectivity index (χ4v) is 1.22. The second kappa shape index (κ2) is 4.69. The van der Waals surface area contributed by atoms with E-state index in [1.807, 2.05) is 0 Å². The van der Waals surface area contributed by atoms with E-state index in [2.05, 4.69) is 0 Å². The van der Waals surface area contributed by atoms with Gasteiger partial charge in [-0.2, -0.15) is 0 Å². The van der Waals surface area contributed by atoms with Gasteiger partial charge in [-0.1, -0.05) is 12.1 Å². The fraction of sp³-hybridized carbons (Fsp3) is 0.333. The van der Waals surface area contributed by atoms with Crippen molar-refractivity contribution >= 4 is 5.69 Å². The lowest BCUT2D eigenvalue weighted by Gasteiger charge is -2.09. The smallest absolute Gasteiger partial charge is 0.269 e. The van der Waals surface area contributed by atoms with Crippen LogP contribution in [-0.4, -0.2) is 11.5 Å². The molecule has 1 rings (SSSR count). The van der Waals surface area contributed by atoms with Gasteiger partial charge in [-0.05, 0) is 18.5 Å². The lowest BCUT2D eigenvalue weighted by Crippen LogP contribution is -2.15. The summed E-state index contributed by atoms with van der Waals surface area (Å²) in [5.41, 5.74) is 11.9.